The van der Waals surface area contributed by atoms with Crippen LogP contribution in [0.2, 0.25) is 0 Å². The summed E-state index contributed by atoms with van der Waals surface area (Å²) in [6, 6.07) is 5.92. The van der Waals surface area contributed by atoms with Crippen LogP contribution in [-0.4, -0.2) is 48.6 Å². The van der Waals surface area contributed by atoms with Crippen LogP contribution in [0.1, 0.15) is 19.8 Å². The van der Waals surface area contributed by atoms with Crippen LogP contribution in [0.4, 0.5) is 10.1 Å². The molecule has 0 saturated carbocycles. The lowest BCUT2D eigenvalue weighted by Gasteiger charge is -2.46. The first-order valence-corrected chi connectivity index (χ1v) is 7.45. The lowest BCUT2D eigenvalue weighted by molar-refractivity contribution is -0.149. The summed E-state index contributed by atoms with van der Waals surface area (Å²) < 4.78 is 18.9. The maximum absolute atomic E-state index is 13.1. The number of halogens is 1. The van der Waals surface area contributed by atoms with Gasteiger partial charge in [0.2, 0.25) is 5.91 Å². The third kappa shape index (κ3) is 2.83. The molecule has 1 aromatic carbocycles. The van der Waals surface area contributed by atoms with Gasteiger partial charge in [-0.05, 0) is 37.1 Å². The molecule has 1 spiro atoms. The molecule has 2 saturated heterocycles. The molecule has 0 N–H and O–H groups in total. The number of nitrogens with zero attached hydrogens (tertiary/aromatic N) is 2. The first kappa shape index (κ1) is 15.0. The number of benzene rings is 1. The Morgan fingerprint density at radius 2 is 1.86 bits per heavy atom. The van der Waals surface area contributed by atoms with Crippen LogP contribution in [0.25, 0.3) is 0 Å². The van der Waals surface area contributed by atoms with Crippen molar-refractivity contribution in [3.8, 4) is 0 Å². The molecule has 0 aliphatic carbocycles. The fourth-order valence-electron chi connectivity index (χ4n) is 3.10. The molecule has 0 unspecified atom stereocenters. The molecule has 0 radical (unpaired) electrons. The number of ether oxygens (including phenoxy) is 1. The predicted molar refractivity (Wildman–Crippen MR) is 78.9 cm³/mol. The lowest BCUT2D eigenvalue weighted by atomic mass is 9.89. The molecule has 0 atom stereocenters. The van der Waals surface area contributed by atoms with E-state index in [2.05, 4.69) is 0 Å². The molecule has 2 heterocycles. The Balaban J connectivity index is 1.75. The first-order chi connectivity index (χ1) is 10.5. The van der Waals surface area contributed by atoms with Gasteiger partial charge < -0.3 is 14.5 Å². The van der Waals surface area contributed by atoms with Gasteiger partial charge in [0.25, 0.3) is 5.91 Å². The summed E-state index contributed by atoms with van der Waals surface area (Å²) in [7, 11) is 0. The van der Waals surface area contributed by atoms with Gasteiger partial charge in [-0.15, -0.1) is 0 Å². The zero-order chi connectivity index (χ0) is 15.7. The lowest BCUT2D eigenvalue weighted by Crippen LogP contribution is -2.59. The second kappa shape index (κ2) is 5.68. The Hall–Kier alpha value is -1.95. The summed E-state index contributed by atoms with van der Waals surface area (Å²) in [5, 5.41) is 0. The van der Waals surface area contributed by atoms with Crippen molar-refractivity contribution < 1.29 is 18.7 Å². The third-order valence-electron chi connectivity index (χ3n) is 4.51. The maximum Gasteiger partial charge on any atom is 0.253 e. The topological polar surface area (TPSA) is 49.9 Å². The number of amides is 2. The largest absolute Gasteiger partial charge is 0.363 e. The normalized spacial score (nSPS) is 21.3. The fraction of sp³-hybridized carbons (Fsp3) is 0.500. The van der Waals surface area contributed by atoms with Gasteiger partial charge in [-0.1, -0.05) is 0 Å². The molecule has 5 nitrogen and oxygen atoms in total. The summed E-state index contributed by atoms with van der Waals surface area (Å²) in [5.41, 5.74) is 0.275. The number of morpholine rings is 1. The van der Waals surface area contributed by atoms with E-state index < -0.39 is 5.60 Å². The minimum absolute atomic E-state index is 0.0252. The molecule has 0 aromatic heterocycles. The van der Waals surface area contributed by atoms with Gasteiger partial charge >= 0.3 is 0 Å². The Bertz CT molecular complexity index is 580. The minimum Gasteiger partial charge on any atom is -0.363 e. The van der Waals surface area contributed by atoms with Gasteiger partial charge in [0, 0.05) is 25.7 Å². The van der Waals surface area contributed by atoms with Crippen LogP contribution in [0.3, 0.4) is 0 Å². The first-order valence-electron chi connectivity index (χ1n) is 7.45. The van der Waals surface area contributed by atoms with Crippen LogP contribution in [0, 0.1) is 5.82 Å². The van der Waals surface area contributed by atoms with E-state index in [0.29, 0.717) is 38.2 Å². The van der Waals surface area contributed by atoms with Crippen molar-refractivity contribution in [2.24, 2.45) is 0 Å². The molecule has 2 amide bonds. The second-order valence-corrected chi connectivity index (χ2v) is 5.93. The van der Waals surface area contributed by atoms with E-state index in [1.807, 2.05) is 0 Å². The summed E-state index contributed by atoms with van der Waals surface area (Å²) in [6.07, 6.45) is 1.41. The molecule has 2 fully saturated rings. The van der Waals surface area contributed by atoms with E-state index in [1.54, 1.807) is 28.9 Å². The molecule has 2 aliphatic rings. The number of hydrogen-bond donors (Lipinski definition) is 0. The number of hydrogen-bond acceptors (Lipinski definition) is 3. The quantitative estimate of drug-likeness (QED) is 0.791. The Labute approximate surface area is 128 Å². The van der Waals surface area contributed by atoms with Crippen LogP contribution in [0.15, 0.2) is 24.3 Å². The molecule has 0 bridgehead atoms. The van der Waals surface area contributed by atoms with Crippen LogP contribution in [0.5, 0.6) is 0 Å². The highest BCUT2D eigenvalue weighted by molar-refractivity contribution is 5.95. The molecular formula is C16H19FN2O3. The number of rotatable bonds is 1. The van der Waals surface area contributed by atoms with Crippen molar-refractivity contribution >= 4 is 17.5 Å². The highest BCUT2D eigenvalue weighted by Crippen LogP contribution is 2.32. The Morgan fingerprint density at radius 1 is 1.23 bits per heavy atom. The molecular weight excluding hydrogens is 287 g/mol. The Morgan fingerprint density at radius 3 is 2.45 bits per heavy atom. The second-order valence-electron chi connectivity index (χ2n) is 5.93. The summed E-state index contributed by atoms with van der Waals surface area (Å²) in [5.74, 6) is -0.378. The van der Waals surface area contributed by atoms with Crippen molar-refractivity contribution in [2.75, 3.05) is 31.1 Å². The SMILES string of the molecule is CC(=O)N1CCC2(CC1)CN(c1ccc(F)cc1)C(=O)CO2. The third-order valence-corrected chi connectivity index (χ3v) is 4.51. The molecule has 6 heteroatoms. The zero-order valence-electron chi connectivity index (χ0n) is 12.5. The van der Waals surface area contributed by atoms with E-state index in [4.69, 9.17) is 4.74 Å². The number of carbonyl (C=O) groups is 2. The van der Waals surface area contributed by atoms with E-state index in [1.165, 1.54) is 12.1 Å². The highest BCUT2D eigenvalue weighted by Gasteiger charge is 2.43. The van der Waals surface area contributed by atoms with Crippen molar-refractivity contribution in [3.05, 3.63) is 30.1 Å². The Kier molecular flexibility index (Phi) is 3.87. The number of likely N-dealkylation sites (tertiary alicyclic amines) is 1. The van der Waals surface area contributed by atoms with Gasteiger partial charge in [-0.2, -0.15) is 0 Å². The number of carbonyl (C=O) groups excluding carboxylic acids is 2. The highest BCUT2D eigenvalue weighted by atomic mass is 19.1. The smallest absolute Gasteiger partial charge is 0.253 e. The van der Waals surface area contributed by atoms with Crippen molar-refractivity contribution in [2.45, 2.75) is 25.4 Å². The summed E-state index contributed by atoms with van der Waals surface area (Å²) in [4.78, 5) is 27.0. The summed E-state index contributed by atoms with van der Waals surface area (Å²) in [6.45, 7) is 3.32. The number of piperidine rings is 1. The van der Waals surface area contributed by atoms with Crippen LogP contribution >= 0.6 is 0 Å². The standard InChI is InChI=1S/C16H19FN2O3/c1-12(20)18-8-6-16(7-9-18)11-19(15(21)10-22-16)14-4-2-13(17)3-5-14/h2-5H,6-11H2,1H3. The van der Waals surface area contributed by atoms with E-state index in [9.17, 15) is 14.0 Å². The molecule has 118 valence electrons. The molecule has 22 heavy (non-hydrogen) atoms. The molecule has 3 rings (SSSR count). The van der Waals surface area contributed by atoms with Crippen molar-refractivity contribution in [1.82, 2.24) is 4.90 Å². The van der Waals surface area contributed by atoms with Crippen LogP contribution in [-0.2, 0) is 14.3 Å². The predicted octanol–water partition coefficient (Wildman–Crippen LogP) is 1.57. The van der Waals surface area contributed by atoms with Crippen LogP contribution < -0.4 is 4.90 Å². The summed E-state index contributed by atoms with van der Waals surface area (Å²) >= 11 is 0. The van der Waals surface area contributed by atoms with Gasteiger partial charge in [-0.25, -0.2) is 4.39 Å². The zero-order valence-corrected chi connectivity index (χ0v) is 12.5. The maximum atomic E-state index is 13.1. The van der Waals surface area contributed by atoms with E-state index >= 15 is 0 Å². The average Bonchev–Trinajstić information content (AvgIpc) is 2.51. The van der Waals surface area contributed by atoms with Gasteiger partial charge in [0.15, 0.2) is 0 Å². The van der Waals surface area contributed by atoms with Gasteiger partial charge in [-0.3, -0.25) is 9.59 Å². The fourth-order valence-corrected chi connectivity index (χ4v) is 3.10. The van der Waals surface area contributed by atoms with Crippen molar-refractivity contribution in [3.63, 3.8) is 0 Å². The average molecular weight is 306 g/mol. The molecule has 1 aromatic rings. The van der Waals surface area contributed by atoms with E-state index in [-0.39, 0.29) is 24.2 Å². The molecule has 2 aliphatic heterocycles. The number of anilines is 1. The van der Waals surface area contributed by atoms with Crippen molar-refractivity contribution in [1.29, 1.82) is 0 Å². The minimum atomic E-state index is -0.408. The van der Waals surface area contributed by atoms with Gasteiger partial charge in [0.05, 0.1) is 12.1 Å². The van der Waals surface area contributed by atoms with E-state index in [0.717, 1.165) is 0 Å². The van der Waals surface area contributed by atoms with Gasteiger partial charge in [0.1, 0.15) is 12.4 Å². The monoisotopic (exact) mass is 306 g/mol.